The summed E-state index contributed by atoms with van der Waals surface area (Å²) in [4.78, 5) is 49.2. The summed E-state index contributed by atoms with van der Waals surface area (Å²) < 4.78 is 35.6. The fourth-order valence-electron chi connectivity index (χ4n) is 26.1. The number of carbonyl (C=O) groups is 2. The van der Waals surface area contributed by atoms with Crippen LogP contribution in [0.4, 0.5) is 0 Å². The third kappa shape index (κ3) is 9.71. The minimum atomic E-state index is -1.57. The number of aliphatic hydroxyl groups excluding tert-OH is 4. The lowest BCUT2D eigenvalue weighted by molar-refractivity contribution is -0.205. The second-order valence-corrected chi connectivity index (χ2v) is 34.7. The van der Waals surface area contributed by atoms with Crippen LogP contribution in [0.5, 0.6) is 5.75 Å². The first-order valence-corrected chi connectivity index (χ1v) is 40.5. The largest absolute Gasteiger partial charge is 0.481 e. The van der Waals surface area contributed by atoms with Gasteiger partial charge in [-0.3, -0.25) is 4.79 Å². The van der Waals surface area contributed by atoms with Gasteiger partial charge in [0, 0.05) is 87.9 Å². The molecule has 0 amide bonds. The molecule has 4 N–H and O–H groups in total. The Labute approximate surface area is 630 Å². The van der Waals surface area contributed by atoms with E-state index in [0.717, 1.165) is 68.9 Å². The number of esters is 2. The lowest BCUT2D eigenvalue weighted by atomic mass is 9.48. The lowest BCUT2D eigenvalue weighted by Crippen LogP contribution is -2.61. The molecule has 21 aliphatic rings. The second-order valence-electron chi connectivity index (χ2n) is 34.7. The molecule has 12 nitrogen and oxygen atoms in total. The van der Waals surface area contributed by atoms with E-state index in [1.165, 1.54) is 85.2 Å². The van der Waals surface area contributed by atoms with Crippen LogP contribution in [0.3, 0.4) is 0 Å². The number of rotatable bonds is 8. The van der Waals surface area contributed by atoms with Crippen molar-refractivity contribution in [2.75, 3.05) is 26.6 Å². The van der Waals surface area contributed by atoms with Crippen molar-refractivity contribution in [2.24, 2.45) is 47.3 Å². The van der Waals surface area contributed by atoms with Gasteiger partial charge in [0.1, 0.15) is 18.1 Å². The van der Waals surface area contributed by atoms with Gasteiger partial charge in [-0.25, -0.2) is 9.59 Å². The third-order valence-electron chi connectivity index (χ3n) is 30.3. The van der Waals surface area contributed by atoms with Gasteiger partial charge in [0.15, 0.2) is 17.8 Å². The minimum Gasteiger partial charge on any atom is -0.481 e. The molecule has 108 heavy (non-hydrogen) atoms. The predicted octanol–water partition coefficient (Wildman–Crippen LogP) is 15.9. The Kier molecular flexibility index (Phi) is 16.0. The van der Waals surface area contributed by atoms with E-state index in [1.807, 2.05) is 13.0 Å². The number of hydrogen-bond acceptors (Lipinski definition) is 12. The van der Waals surface area contributed by atoms with Crippen molar-refractivity contribution in [3.8, 4) is 29.4 Å². The van der Waals surface area contributed by atoms with Crippen molar-refractivity contribution < 1.29 is 53.4 Å². The first kappa shape index (κ1) is 67.3. The summed E-state index contributed by atoms with van der Waals surface area (Å²) >= 11 is 0. The van der Waals surface area contributed by atoms with Gasteiger partial charge in [0.25, 0.3) is 0 Å². The van der Waals surface area contributed by atoms with Crippen LogP contribution in [0.2, 0.25) is 0 Å². The Hall–Kier alpha value is -8.85. The van der Waals surface area contributed by atoms with E-state index in [1.54, 1.807) is 6.07 Å². The van der Waals surface area contributed by atoms with Crippen molar-refractivity contribution in [1.29, 1.82) is 0 Å². The number of carbonyl (C=O) groups excluding carboxylic acids is 2. The molecule has 3 saturated carbocycles. The van der Waals surface area contributed by atoms with Crippen molar-refractivity contribution in [3.63, 3.8) is 0 Å². The monoisotopic (exact) mass is 1440 g/mol. The van der Waals surface area contributed by atoms with Gasteiger partial charge in [-0.2, -0.15) is 0 Å². The molecule has 548 valence electrons. The molecule has 7 aromatic rings. The van der Waals surface area contributed by atoms with Gasteiger partial charge in [-0.05, 0) is 245 Å². The maximum atomic E-state index is 17.1. The smallest absolute Gasteiger partial charge is 0.340 e. The standard InChI is InChI=1S/C96H92O12/c1-52(48-98)74-46-75-72-32-31-69-68-29-23-57-42-60(68)45-84(101)105-90-88-83(34-33-73-78(49-99)87(93(103)106-89(73)88)59(35-38-97)50-104-51-100)108-95(91(90)107-92(74)102)37-5-4-14-71(69)86(72)61-43-77-82(95)47-76-67-13-3-2-9-56(67)41-58(85(76)77)22-26-62-12-8-36-94(62,81(75)44-61)63-24-18-53(19-25-63)39-54-17-20-55-21-27-64-10-6-11-65-28-30-70-66(57)15-7-16-79(70)96(64,65)80(55)40-54/h2-3,7,9,13,15-21,23-25,27,29,31-34,40-41,57,59-62,64-65,68,75-77,81-82,85,90-91,97-100H,6,8,10-12,14,28,30,35-39,42-51H2,1H3/b74-52-/t57-,59-,60+,61+,62+,64-,65+,68-,75+,76+,77+,81-,82+,85+,90-,91+,94-,95+,96-/m1/s1. The Bertz CT molecular complexity index is 5310. The molecule has 0 unspecified atom stereocenters. The zero-order chi connectivity index (χ0) is 72.6. The number of ether oxygens (including phenoxy) is 4. The van der Waals surface area contributed by atoms with Crippen molar-refractivity contribution in [3.05, 3.63) is 249 Å². The van der Waals surface area contributed by atoms with Gasteiger partial charge < -0.3 is 43.8 Å². The number of fused-ring (bicyclic) bond motifs is 8. The number of aliphatic hydroxyl groups is 4. The average molecular weight is 1440 g/mol. The van der Waals surface area contributed by atoms with Gasteiger partial charge >= 0.3 is 17.6 Å². The first-order chi connectivity index (χ1) is 52.9. The molecule has 3 spiro atoms. The molecular weight excluding hydrogens is 1350 g/mol. The summed E-state index contributed by atoms with van der Waals surface area (Å²) in [6.07, 6.45) is 22.1. The molecule has 3 fully saturated rings. The summed E-state index contributed by atoms with van der Waals surface area (Å²) in [5, 5.41) is 44.3. The van der Waals surface area contributed by atoms with Crippen LogP contribution in [-0.4, -0.2) is 70.7 Å². The fraction of sp³-hybridized carbons (Fsp3) is 0.448. The highest BCUT2D eigenvalue weighted by atomic mass is 16.6. The summed E-state index contributed by atoms with van der Waals surface area (Å²) in [6.45, 7) is -0.314. The Balaban J connectivity index is 0.881. The Morgan fingerprint density at radius 3 is 2.48 bits per heavy atom. The highest BCUT2D eigenvalue weighted by molar-refractivity contribution is 5.91. The summed E-state index contributed by atoms with van der Waals surface area (Å²) in [6, 6.07) is 41.6. The zero-order valence-corrected chi connectivity index (χ0v) is 61.3. The Morgan fingerprint density at radius 1 is 0.741 bits per heavy atom. The molecule has 6 aromatic carbocycles. The van der Waals surface area contributed by atoms with Crippen LogP contribution in [0.15, 0.2) is 153 Å². The second kappa shape index (κ2) is 25.6. The zero-order valence-electron chi connectivity index (χ0n) is 61.3. The van der Waals surface area contributed by atoms with E-state index in [4.69, 9.17) is 23.4 Å². The van der Waals surface area contributed by atoms with E-state index in [9.17, 15) is 20.4 Å². The van der Waals surface area contributed by atoms with Crippen LogP contribution in [-0.2, 0) is 60.5 Å². The van der Waals surface area contributed by atoms with Crippen LogP contribution in [0, 0.1) is 71.0 Å². The normalized spacial score (nSPS) is 34.0. The molecule has 12 heteroatoms. The van der Waals surface area contributed by atoms with Gasteiger partial charge in [-0.15, -0.1) is 0 Å². The Morgan fingerprint density at radius 2 is 1.61 bits per heavy atom. The van der Waals surface area contributed by atoms with Gasteiger partial charge in [0.05, 0.1) is 31.8 Å². The van der Waals surface area contributed by atoms with E-state index in [0.29, 0.717) is 47.6 Å². The molecule has 1 aromatic heterocycles. The molecule has 22 bridgehead atoms. The summed E-state index contributed by atoms with van der Waals surface area (Å²) in [5.41, 5.74) is 17.5. The number of benzene rings is 6. The van der Waals surface area contributed by atoms with Crippen LogP contribution >= 0.6 is 0 Å². The number of allylic oxidation sites excluding steroid dienone is 4. The molecular formula is C96H92O12. The average Bonchev–Trinajstić information content (AvgIpc) is 1.13. The van der Waals surface area contributed by atoms with Crippen LogP contribution in [0.1, 0.15) is 239 Å². The molecule has 0 saturated heterocycles. The predicted molar refractivity (Wildman–Crippen MR) is 411 cm³/mol. The summed E-state index contributed by atoms with van der Waals surface area (Å²) in [5.74, 6) is 13.4. The lowest BCUT2D eigenvalue weighted by Gasteiger charge is -2.55. The highest BCUT2D eigenvalue weighted by Gasteiger charge is 2.67. The topological polar surface area (TPSA) is 182 Å². The SMILES string of the molecule is C/C(CO)=C1\C[C@H]2c3ccc4c5c3[C@H]3C[C@@H]6[C@H]7C8=Cc9ccccc9[C@@H]7C[C@@H]6[C@]6(CC#CC5)Oc5ccc7c(CO)c([C@H](CCO)COCO)c(=O)oc7c5[C@@H](OC(=O)C[C@@H]5C[C@@H](C=C[C@@H]45)c4cccc5c4CC[C@@H]4CCC[C@@H]7C=Cc9ccc(cc9[C@@]547)Cc4ccc(cc4)[C@]4(CCC[C@H]4C#C8)[C@@H]2C3)[C@@H]6OC1=O. The fourth-order valence-corrected chi connectivity index (χ4v) is 26.1. The van der Waals surface area contributed by atoms with E-state index < -0.39 is 72.6 Å². The minimum absolute atomic E-state index is 0.00249. The quantitative estimate of drug-likeness (QED) is 0.0283. The summed E-state index contributed by atoms with van der Waals surface area (Å²) in [7, 11) is 0. The molecule has 18 aliphatic carbocycles. The van der Waals surface area contributed by atoms with Gasteiger partial charge in [-0.1, -0.05) is 158 Å². The maximum absolute atomic E-state index is 17.1. The maximum Gasteiger partial charge on any atom is 0.340 e. The van der Waals surface area contributed by atoms with E-state index in [-0.39, 0.29) is 132 Å². The number of hydrogen-bond donors (Lipinski definition) is 4. The van der Waals surface area contributed by atoms with Gasteiger partial charge in [0.2, 0.25) is 0 Å². The molecule has 19 atom stereocenters. The molecule has 28 rings (SSSR count). The molecule has 4 heterocycles. The van der Waals surface area contributed by atoms with Crippen molar-refractivity contribution in [1.82, 2.24) is 0 Å². The van der Waals surface area contributed by atoms with Crippen LogP contribution in [0.25, 0.3) is 23.1 Å². The first-order valence-electron chi connectivity index (χ1n) is 40.5. The van der Waals surface area contributed by atoms with E-state index >= 15 is 14.4 Å². The van der Waals surface area contributed by atoms with E-state index in [2.05, 4.69) is 151 Å². The third-order valence-corrected chi connectivity index (χ3v) is 30.3. The van der Waals surface area contributed by atoms with Crippen molar-refractivity contribution >= 4 is 35.1 Å². The highest BCUT2D eigenvalue weighted by Crippen LogP contribution is 2.69. The molecule has 0 radical (unpaired) electrons. The van der Waals surface area contributed by atoms with Crippen molar-refractivity contribution in [2.45, 2.75) is 193 Å². The molecule has 3 aliphatic heterocycles. The van der Waals surface area contributed by atoms with Crippen LogP contribution < -0.4 is 10.4 Å².